The number of nitrogens with zero attached hydrogens (tertiary/aromatic N) is 4. The van der Waals surface area contributed by atoms with Gasteiger partial charge >= 0.3 is 0 Å². The Balaban J connectivity index is 2.46. The minimum Gasteiger partial charge on any atom is -0.329 e. The van der Waals surface area contributed by atoms with Crippen molar-refractivity contribution in [2.24, 2.45) is 11.5 Å². The number of nitro benzene ring substituents is 2. The highest BCUT2D eigenvalue weighted by molar-refractivity contribution is 6.31. The number of hydrogen-bond donors (Lipinski definition) is 2. The molecule has 0 bridgehead atoms. The van der Waals surface area contributed by atoms with Crippen LogP contribution in [0, 0.1) is 20.2 Å². The summed E-state index contributed by atoms with van der Waals surface area (Å²) in [6, 6.07) is 5.57. The molecule has 0 fully saturated rings. The second kappa shape index (κ2) is 9.96. The number of likely N-dealkylation sites (N-methyl/N-ethyl adjacent to an activating group) is 2. The van der Waals surface area contributed by atoms with Crippen LogP contribution in [0.3, 0.4) is 0 Å². The van der Waals surface area contributed by atoms with Crippen LogP contribution in [0.5, 0.6) is 0 Å². The molecule has 2 unspecified atom stereocenters. The van der Waals surface area contributed by atoms with Gasteiger partial charge in [0.2, 0.25) is 11.6 Å². The van der Waals surface area contributed by atoms with Crippen LogP contribution in [0.1, 0.15) is 43.3 Å². The molecule has 0 amide bonds. The van der Waals surface area contributed by atoms with E-state index in [1.165, 1.54) is 24.3 Å². The molecule has 4 N–H and O–H groups in total. The van der Waals surface area contributed by atoms with Crippen molar-refractivity contribution in [3.63, 3.8) is 0 Å². The van der Waals surface area contributed by atoms with Crippen LogP contribution in [0.2, 0.25) is 0 Å². The van der Waals surface area contributed by atoms with Gasteiger partial charge in [-0.15, -0.1) is 0 Å². The lowest BCUT2D eigenvalue weighted by Crippen LogP contribution is -2.51. The van der Waals surface area contributed by atoms with Crippen LogP contribution in [0.25, 0.3) is 0 Å². The van der Waals surface area contributed by atoms with Gasteiger partial charge in [0.25, 0.3) is 11.4 Å². The summed E-state index contributed by atoms with van der Waals surface area (Å²) in [6.45, 7) is 0.319. The Morgan fingerprint density at radius 1 is 0.771 bits per heavy atom. The van der Waals surface area contributed by atoms with E-state index in [9.17, 15) is 29.8 Å². The smallest absolute Gasteiger partial charge is 0.281 e. The predicted molar refractivity (Wildman–Crippen MR) is 129 cm³/mol. The number of rotatable bonds is 9. The lowest BCUT2D eigenvalue weighted by atomic mass is 9.74. The third-order valence-corrected chi connectivity index (χ3v) is 6.57. The average molecular weight is 485 g/mol. The molecule has 12 nitrogen and oxygen atoms in total. The monoisotopic (exact) mass is 484 g/mol. The first-order valence-corrected chi connectivity index (χ1v) is 10.9. The maximum atomic E-state index is 13.9. The SMILES string of the molecule is CN(C)C(CN)C(c1ccc([N+](=O)[O-])c2c1C(=O)c1c(cccc1[N+](=O)[O-])C2=O)C(CN)N(C)C. The maximum absolute atomic E-state index is 13.9. The highest BCUT2D eigenvalue weighted by Crippen LogP contribution is 2.42. The van der Waals surface area contributed by atoms with E-state index >= 15 is 0 Å². The van der Waals surface area contributed by atoms with Crippen molar-refractivity contribution in [1.82, 2.24) is 9.80 Å². The first kappa shape index (κ1) is 26.0. The minimum absolute atomic E-state index is 0.159. The summed E-state index contributed by atoms with van der Waals surface area (Å²) in [7, 11) is 7.22. The minimum atomic E-state index is -0.811. The van der Waals surface area contributed by atoms with E-state index in [0.29, 0.717) is 5.56 Å². The molecule has 0 spiro atoms. The Bertz CT molecular complexity index is 1200. The Morgan fingerprint density at radius 3 is 1.74 bits per heavy atom. The standard InChI is InChI=1S/C23H28N6O6/c1-26(2)16(10-24)18(17(11-25)27(3)4)12-8-9-15(29(34)35)21-20(12)23(31)19-13(22(21)30)6-5-7-14(19)28(32)33/h5-9,16-18H,10-11,24-25H2,1-4H3. The fourth-order valence-electron chi connectivity index (χ4n) is 4.92. The molecule has 0 saturated carbocycles. The van der Waals surface area contributed by atoms with Crippen LogP contribution < -0.4 is 11.5 Å². The summed E-state index contributed by atoms with van der Waals surface area (Å²) in [4.78, 5) is 53.2. The zero-order chi connectivity index (χ0) is 26.2. The Hall–Kier alpha value is -3.58. The van der Waals surface area contributed by atoms with Gasteiger partial charge in [-0.2, -0.15) is 0 Å². The van der Waals surface area contributed by atoms with Crippen LogP contribution >= 0.6 is 0 Å². The first-order valence-electron chi connectivity index (χ1n) is 10.9. The van der Waals surface area contributed by atoms with Gasteiger partial charge in [0.1, 0.15) is 11.1 Å². The third kappa shape index (κ3) is 4.32. The Labute approximate surface area is 201 Å². The normalized spacial score (nSPS) is 15.5. The molecule has 12 heteroatoms. The molecule has 2 atom stereocenters. The molecule has 1 aliphatic rings. The van der Waals surface area contributed by atoms with Gasteiger partial charge in [0.05, 0.1) is 9.85 Å². The van der Waals surface area contributed by atoms with Crippen molar-refractivity contribution < 1.29 is 19.4 Å². The summed E-state index contributed by atoms with van der Waals surface area (Å²) in [5.41, 5.74) is 10.3. The largest absolute Gasteiger partial charge is 0.329 e. The number of carbonyl (C=O) groups excluding carboxylic acids is 2. The molecule has 3 rings (SSSR count). The predicted octanol–water partition coefficient (Wildman–Crippen LogP) is 1.14. The van der Waals surface area contributed by atoms with Crippen molar-refractivity contribution in [2.75, 3.05) is 41.3 Å². The Morgan fingerprint density at radius 2 is 1.29 bits per heavy atom. The molecule has 2 aromatic carbocycles. The molecule has 35 heavy (non-hydrogen) atoms. The molecule has 2 aromatic rings. The summed E-state index contributed by atoms with van der Waals surface area (Å²) in [6.07, 6.45) is 0. The lowest BCUT2D eigenvalue weighted by Gasteiger charge is -2.40. The van der Waals surface area contributed by atoms with Gasteiger partial charge in [-0.25, -0.2) is 0 Å². The zero-order valence-corrected chi connectivity index (χ0v) is 19.9. The number of carbonyl (C=O) groups is 2. The van der Waals surface area contributed by atoms with E-state index in [-0.39, 0.29) is 47.4 Å². The number of nitro groups is 2. The number of nitrogens with two attached hydrogens (primary N) is 2. The van der Waals surface area contributed by atoms with E-state index in [1.807, 2.05) is 9.80 Å². The maximum Gasteiger partial charge on any atom is 0.281 e. The fourth-order valence-corrected chi connectivity index (χ4v) is 4.92. The van der Waals surface area contributed by atoms with E-state index < -0.39 is 38.7 Å². The van der Waals surface area contributed by atoms with Gasteiger partial charge in [-0.05, 0) is 39.8 Å². The van der Waals surface area contributed by atoms with Crippen LogP contribution in [0.15, 0.2) is 30.3 Å². The van der Waals surface area contributed by atoms with E-state index in [0.717, 1.165) is 6.07 Å². The Kier molecular flexibility index (Phi) is 7.41. The van der Waals surface area contributed by atoms with Crippen LogP contribution in [0.4, 0.5) is 11.4 Å². The average Bonchev–Trinajstić information content (AvgIpc) is 2.80. The van der Waals surface area contributed by atoms with Crippen molar-refractivity contribution in [3.8, 4) is 0 Å². The van der Waals surface area contributed by atoms with Crippen molar-refractivity contribution in [2.45, 2.75) is 18.0 Å². The number of ketones is 2. The molecule has 0 heterocycles. The lowest BCUT2D eigenvalue weighted by molar-refractivity contribution is -0.385. The van der Waals surface area contributed by atoms with E-state index in [4.69, 9.17) is 11.5 Å². The summed E-state index contributed by atoms with van der Waals surface area (Å²) < 4.78 is 0. The van der Waals surface area contributed by atoms with Crippen LogP contribution in [-0.2, 0) is 0 Å². The third-order valence-electron chi connectivity index (χ3n) is 6.57. The molecular formula is C23H28N6O6. The highest BCUT2D eigenvalue weighted by atomic mass is 16.6. The molecule has 1 aliphatic carbocycles. The second-order valence-electron chi connectivity index (χ2n) is 8.86. The molecule has 0 radical (unpaired) electrons. The molecule has 0 aliphatic heterocycles. The molecule has 0 saturated heterocycles. The van der Waals surface area contributed by atoms with Crippen molar-refractivity contribution in [3.05, 3.63) is 78.4 Å². The topological polar surface area (TPSA) is 179 Å². The van der Waals surface area contributed by atoms with E-state index in [2.05, 4.69) is 0 Å². The zero-order valence-electron chi connectivity index (χ0n) is 19.9. The first-order chi connectivity index (χ1) is 16.5. The number of fused-ring (bicyclic) bond motifs is 2. The number of benzene rings is 2. The summed E-state index contributed by atoms with van der Waals surface area (Å²) in [5, 5.41) is 23.6. The van der Waals surface area contributed by atoms with Gasteiger partial charge in [-0.3, -0.25) is 29.8 Å². The summed E-state index contributed by atoms with van der Waals surface area (Å²) >= 11 is 0. The fraction of sp³-hybridized carbons (Fsp3) is 0.391. The van der Waals surface area contributed by atoms with Gasteiger partial charge in [-0.1, -0.05) is 12.1 Å². The van der Waals surface area contributed by atoms with E-state index in [1.54, 1.807) is 28.2 Å². The summed E-state index contributed by atoms with van der Waals surface area (Å²) in [5.74, 6) is -2.17. The molecule has 186 valence electrons. The second-order valence-corrected chi connectivity index (χ2v) is 8.86. The molecule has 0 aromatic heterocycles. The highest BCUT2D eigenvalue weighted by Gasteiger charge is 2.44. The molecular weight excluding hydrogens is 456 g/mol. The van der Waals surface area contributed by atoms with Gasteiger partial charge < -0.3 is 21.3 Å². The van der Waals surface area contributed by atoms with Crippen molar-refractivity contribution >= 4 is 22.9 Å². The van der Waals surface area contributed by atoms with Gasteiger partial charge in [0.15, 0.2) is 0 Å². The quantitative estimate of drug-likeness (QED) is 0.330. The number of hydrogen-bond acceptors (Lipinski definition) is 10. The van der Waals surface area contributed by atoms with Gasteiger partial charge in [0, 0.05) is 54.4 Å². The van der Waals surface area contributed by atoms with Crippen LogP contribution in [-0.4, -0.2) is 84.6 Å². The van der Waals surface area contributed by atoms with Crippen molar-refractivity contribution in [1.29, 1.82) is 0 Å².